The summed E-state index contributed by atoms with van der Waals surface area (Å²) in [6, 6.07) is 11.6. The minimum Gasteiger partial charge on any atom is -0.437 e. The molecule has 0 aliphatic rings. The summed E-state index contributed by atoms with van der Waals surface area (Å²) in [6.45, 7) is 0.743. The number of benzene rings is 1. The number of rotatable bonds is 4. The Labute approximate surface area is 127 Å². The number of hydrogen-bond donors (Lipinski definition) is 1. The number of ether oxygens (including phenoxy) is 1. The third-order valence-electron chi connectivity index (χ3n) is 3.05. The average molecular weight is 300 g/mol. The predicted octanol–water partition coefficient (Wildman–Crippen LogP) is 3.79. The summed E-state index contributed by atoms with van der Waals surface area (Å²) in [5.41, 5.74) is 2.03. The summed E-state index contributed by atoms with van der Waals surface area (Å²) in [5, 5.41) is 4.81. The smallest absolute Gasteiger partial charge is 0.220 e. The second-order valence-corrected chi connectivity index (χ2v) is 5.04. The van der Waals surface area contributed by atoms with Gasteiger partial charge in [0.2, 0.25) is 5.88 Å². The molecule has 0 atom stereocenters. The molecule has 2 aromatic heterocycles. The van der Waals surface area contributed by atoms with Crippen LogP contribution in [0.5, 0.6) is 11.6 Å². The van der Waals surface area contributed by atoms with Gasteiger partial charge in [0.05, 0.1) is 16.7 Å². The minimum atomic E-state index is 0.531. The molecule has 0 aliphatic heterocycles. The molecule has 0 unspecified atom stereocenters. The zero-order chi connectivity index (χ0) is 14.7. The Bertz CT molecular complexity index is 776. The molecule has 5 heteroatoms. The highest BCUT2D eigenvalue weighted by atomic mass is 35.5. The molecule has 0 aliphatic carbocycles. The first-order chi connectivity index (χ1) is 10.3. The Morgan fingerprint density at radius 1 is 1.19 bits per heavy atom. The monoisotopic (exact) mass is 299 g/mol. The number of halogens is 1. The molecule has 3 aromatic rings. The van der Waals surface area contributed by atoms with Crippen molar-refractivity contribution in [2.45, 2.75) is 6.54 Å². The van der Waals surface area contributed by atoms with Crippen molar-refractivity contribution in [1.29, 1.82) is 0 Å². The van der Waals surface area contributed by atoms with Gasteiger partial charge in [-0.15, -0.1) is 0 Å². The van der Waals surface area contributed by atoms with Crippen LogP contribution in [0.2, 0.25) is 5.02 Å². The number of aromatic nitrogens is 2. The van der Waals surface area contributed by atoms with Gasteiger partial charge >= 0.3 is 0 Å². The van der Waals surface area contributed by atoms with Crippen molar-refractivity contribution >= 4 is 22.5 Å². The summed E-state index contributed by atoms with van der Waals surface area (Å²) in [6.07, 6.45) is 3.18. The highest BCUT2D eigenvalue weighted by molar-refractivity contribution is 6.30. The van der Waals surface area contributed by atoms with E-state index in [2.05, 4.69) is 21.4 Å². The molecule has 0 saturated carbocycles. The molecule has 2 heterocycles. The molecule has 0 spiro atoms. The highest BCUT2D eigenvalue weighted by Crippen LogP contribution is 2.26. The normalized spacial score (nSPS) is 10.8. The molecule has 0 radical (unpaired) electrons. The molecule has 21 heavy (non-hydrogen) atoms. The van der Waals surface area contributed by atoms with E-state index in [1.165, 1.54) is 0 Å². The van der Waals surface area contributed by atoms with E-state index in [9.17, 15) is 0 Å². The van der Waals surface area contributed by atoms with E-state index in [1.807, 2.05) is 31.3 Å². The third-order valence-corrected chi connectivity index (χ3v) is 3.25. The number of nitrogens with zero attached hydrogens (tertiary/aromatic N) is 2. The van der Waals surface area contributed by atoms with Gasteiger partial charge in [-0.25, -0.2) is 4.98 Å². The van der Waals surface area contributed by atoms with Gasteiger partial charge in [0.15, 0.2) is 0 Å². The van der Waals surface area contributed by atoms with Gasteiger partial charge in [-0.3, -0.25) is 4.98 Å². The Hall–Kier alpha value is -2.17. The summed E-state index contributed by atoms with van der Waals surface area (Å²) >= 11 is 5.91. The predicted molar refractivity (Wildman–Crippen MR) is 83.8 cm³/mol. The summed E-state index contributed by atoms with van der Waals surface area (Å²) < 4.78 is 5.77. The van der Waals surface area contributed by atoms with E-state index >= 15 is 0 Å². The van der Waals surface area contributed by atoms with Gasteiger partial charge in [-0.2, -0.15) is 0 Å². The van der Waals surface area contributed by atoms with Gasteiger partial charge in [0.25, 0.3) is 0 Å². The van der Waals surface area contributed by atoms with Crippen molar-refractivity contribution in [3.8, 4) is 11.6 Å². The lowest BCUT2D eigenvalue weighted by Gasteiger charge is -2.10. The summed E-state index contributed by atoms with van der Waals surface area (Å²) in [5.74, 6) is 1.10. The van der Waals surface area contributed by atoms with Crippen molar-refractivity contribution < 1.29 is 4.74 Å². The van der Waals surface area contributed by atoms with Gasteiger partial charge in [-0.1, -0.05) is 29.8 Å². The molecule has 0 fully saturated rings. The first-order valence-electron chi connectivity index (χ1n) is 6.58. The van der Waals surface area contributed by atoms with Crippen molar-refractivity contribution in [2.75, 3.05) is 7.05 Å². The van der Waals surface area contributed by atoms with Crippen LogP contribution < -0.4 is 10.1 Å². The van der Waals surface area contributed by atoms with Crippen LogP contribution in [0.1, 0.15) is 5.56 Å². The molecule has 0 bridgehead atoms. The van der Waals surface area contributed by atoms with Gasteiger partial charge < -0.3 is 10.1 Å². The molecule has 1 aromatic carbocycles. The Morgan fingerprint density at radius 3 is 2.86 bits per heavy atom. The van der Waals surface area contributed by atoms with E-state index in [0.29, 0.717) is 16.7 Å². The first-order valence-corrected chi connectivity index (χ1v) is 6.96. The largest absolute Gasteiger partial charge is 0.437 e. The number of pyridine rings is 2. The van der Waals surface area contributed by atoms with E-state index in [4.69, 9.17) is 16.3 Å². The van der Waals surface area contributed by atoms with E-state index in [1.54, 1.807) is 18.5 Å². The number of para-hydroxylation sites is 1. The molecule has 0 amide bonds. The zero-order valence-electron chi connectivity index (χ0n) is 11.5. The minimum absolute atomic E-state index is 0.531. The number of nitrogens with one attached hydrogen (secondary N) is 1. The standard InChI is InChI=1S/C16H14ClN3O/c1-18-8-11-6-16(20-15-5-3-2-4-14(11)15)21-13-7-12(17)9-19-10-13/h2-7,9-10,18H,8H2,1H3. The van der Waals surface area contributed by atoms with Crippen molar-refractivity contribution in [3.63, 3.8) is 0 Å². The van der Waals surface area contributed by atoms with Gasteiger partial charge in [-0.05, 0) is 18.7 Å². The highest BCUT2D eigenvalue weighted by Gasteiger charge is 2.07. The third kappa shape index (κ3) is 3.12. The van der Waals surface area contributed by atoms with Gasteiger partial charge in [0.1, 0.15) is 5.75 Å². The number of hydrogen-bond acceptors (Lipinski definition) is 4. The van der Waals surface area contributed by atoms with E-state index in [0.717, 1.165) is 23.0 Å². The molecular weight excluding hydrogens is 286 g/mol. The molecule has 1 N–H and O–H groups in total. The lowest BCUT2D eigenvalue weighted by molar-refractivity contribution is 0.462. The Kier molecular flexibility index (Phi) is 3.99. The van der Waals surface area contributed by atoms with E-state index in [-0.39, 0.29) is 0 Å². The quantitative estimate of drug-likeness (QED) is 0.796. The average Bonchev–Trinajstić information content (AvgIpc) is 2.47. The maximum atomic E-state index is 5.91. The fraction of sp³-hybridized carbons (Fsp3) is 0.125. The molecule has 106 valence electrons. The first kappa shape index (κ1) is 13.8. The topological polar surface area (TPSA) is 47.0 Å². The van der Waals surface area contributed by atoms with Crippen LogP contribution in [0, 0.1) is 0 Å². The SMILES string of the molecule is CNCc1cc(Oc2cncc(Cl)c2)nc2ccccc12. The van der Waals surface area contributed by atoms with Crippen molar-refractivity contribution in [1.82, 2.24) is 15.3 Å². The molecule has 0 saturated heterocycles. The van der Waals surface area contributed by atoms with Crippen LogP contribution in [0.3, 0.4) is 0 Å². The Balaban J connectivity index is 2.02. The maximum absolute atomic E-state index is 5.91. The summed E-state index contributed by atoms with van der Waals surface area (Å²) in [4.78, 5) is 8.53. The fourth-order valence-electron chi connectivity index (χ4n) is 2.18. The van der Waals surface area contributed by atoms with Crippen LogP contribution in [-0.4, -0.2) is 17.0 Å². The lowest BCUT2D eigenvalue weighted by Crippen LogP contribution is -2.06. The fourth-order valence-corrected chi connectivity index (χ4v) is 2.34. The second-order valence-electron chi connectivity index (χ2n) is 4.61. The molecular formula is C16H14ClN3O. The van der Waals surface area contributed by atoms with E-state index < -0.39 is 0 Å². The van der Waals surface area contributed by atoms with Crippen LogP contribution in [0.4, 0.5) is 0 Å². The summed E-state index contributed by atoms with van der Waals surface area (Å²) in [7, 11) is 1.91. The lowest BCUT2D eigenvalue weighted by atomic mass is 10.1. The van der Waals surface area contributed by atoms with Crippen LogP contribution in [-0.2, 0) is 6.54 Å². The van der Waals surface area contributed by atoms with Gasteiger partial charge in [0, 0.05) is 30.3 Å². The van der Waals surface area contributed by atoms with Crippen LogP contribution in [0.25, 0.3) is 10.9 Å². The van der Waals surface area contributed by atoms with Crippen LogP contribution >= 0.6 is 11.6 Å². The second kappa shape index (κ2) is 6.08. The molecule has 3 rings (SSSR count). The maximum Gasteiger partial charge on any atom is 0.220 e. The number of fused-ring (bicyclic) bond motifs is 1. The zero-order valence-corrected chi connectivity index (χ0v) is 12.3. The van der Waals surface area contributed by atoms with Crippen molar-refractivity contribution in [3.05, 3.63) is 59.4 Å². The van der Waals surface area contributed by atoms with Crippen LogP contribution in [0.15, 0.2) is 48.8 Å². The molecule has 4 nitrogen and oxygen atoms in total. The Morgan fingerprint density at radius 2 is 2.05 bits per heavy atom. The van der Waals surface area contributed by atoms with Crippen molar-refractivity contribution in [2.24, 2.45) is 0 Å².